The van der Waals surface area contributed by atoms with Gasteiger partial charge in [-0.05, 0) is 48.9 Å². The second-order valence-electron chi connectivity index (χ2n) is 6.43. The third-order valence-electron chi connectivity index (χ3n) is 4.64. The smallest absolute Gasteiger partial charge is 0.239 e. The zero-order chi connectivity index (χ0) is 19.6. The number of carbonyl (C=O) groups excluding carboxylic acids is 3. The summed E-state index contributed by atoms with van der Waals surface area (Å²) < 4.78 is 0.885. The maximum Gasteiger partial charge on any atom is 0.239 e. The Morgan fingerprint density at radius 3 is 2.52 bits per heavy atom. The number of halogens is 1. The minimum absolute atomic E-state index is 0.0732. The van der Waals surface area contributed by atoms with E-state index < -0.39 is 5.92 Å². The van der Waals surface area contributed by atoms with Gasteiger partial charge in [-0.15, -0.1) is 0 Å². The van der Waals surface area contributed by atoms with Gasteiger partial charge in [-0.1, -0.05) is 22.0 Å². The van der Waals surface area contributed by atoms with Gasteiger partial charge in [-0.3, -0.25) is 14.4 Å². The Morgan fingerprint density at radius 1 is 1.19 bits per heavy atom. The van der Waals surface area contributed by atoms with E-state index in [0.717, 1.165) is 15.8 Å². The van der Waals surface area contributed by atoms with Crippen LogP contribution in [0.25, 0.3) is 0 Å². The van der Waals surface area contributed by atoms with E-state index in [1.54, 1.807) is 36.2 Å². The largest absolute Gasteiger partial charge is 0.325 e. The molecule has 140 valence electrons. The van der Waals surface area contributed by atoms with E-state index in [-0.39, 0.29) is 17.7 Å². The molecule has 7 heteroatoms. The van der Waals surface area contributed by atoms with Crippen LogP contribution in [0.1, 0.15) is 13.3 Å². The molecule has 3 amide bonds. The van der Waals surface area contributed by atoms with E-state index in [4.69, 9.17) is 0 Å². The van der Waals surface area contributed by atoms with E-state index in [9.17, 15) is 14.4 Å². The van der Waals surface area contributed by atoms with E-state index >= 15 is 0 Å². The SMILES string of the molecule is CC(=O)N(C)c1ccc(NC(=O)[C@@H]2CCN(c3cccc(Br)c3)C2=O)cc1. The summed E-state index contributed by atoms with van der Waals surface area (Å²) in [4.78, 5) is 39.8. The molecule has 1 saturated heterocycles. The predicted octanol–water partition coefficient (Wildman–Crippen LogP) is 3.42. The molecule has 2 aromatic rings. The van der Waals surface area contributed by atoms with Gasteiger partial charge in [-0.2, -0.15) is 0 Å². The van der Waals surface area contributed by atoms with Gasteiger partial charge >= 0.3 is 0 Å². The van der Waals surface area contributed by atoms with Crippen molar-refractivity contribution in [3.05, 3.63) is 53.0 Å². The molecule has 1 aliphatic rings. The first-order chi connectivity index (χ1) is 12.9. The molecule has 0 spiro atoms. The number of anilines is 3. The molecule has 1 fully saturated rings. The van der Waals surface area contributed by atoms with Gasteiger partial charge in [-0.25, -0.2) is 0 Å². The highest BCUT2D eigenvalue weighted by Crippen LogP contribution is 2.28. The van der Waals surface area contributed by atoms with Crippen LogP contribution in [0.5, 0.6) is 0 Å². The van der Waals surface area contributed by atoms with Crippen LogP contribution in [0.3, 0.4) is 0 Å². The fraction of sp³-hybridized carbons (Fsp3) is 0.250. The lowest BCUT2D eigenvalue weighted by molar-refractivity contribution is -0.129. The zero-order valence-corrected chi connectivity index (χ0v) is 16.7. The molecule has 1 aliphatic heterocycles. The number of rotatable bonds is 4. The van der Waals surface area contributed by atoms with E-state index in [0.29, 0.717) is 18.7 Å². The number of nitrogens with zero attached hydrogens (tertiary/aromatic N) is 2. The standard InChI is InChI=1S/C20H20BrN3O3/c1-13(25)23(2)16-8-6-15(7-9-16)22-19(26)18-10-11-24(20(18)27)17-5-3-4-14(21)12-17/h3-9,12,18H,10-11H2,1-2H3,(H,22,26)/t18-/m0/s1. The number of carbonyl (C=O) groups is 3. The molecular formula is C20H20BrN3O3. The third-order valence-corrected chi connectivity index (χ3v) is 5.13. The Labute approximate surface area is 166 Å². The van der Waals surface area contributed by atoms with Gasteiger partial charge in [0.15, 0.2) is 0 Å². The molecule has 0 radical (unpaired) electrons. The summed E-state index contributed by atoms with van der Waals surface area (Å²) in [5.41, 5.74) is 2.11. The molecule has 6 nitrogen and oxygen atoms in total. The molecule has 0 saturated carbocycles. The monoisotopic (exact) mass is 429 g/mol. The highest BCUT2D eigenvalue weighted by atomic mass is 79.9. The second kappa shape index (κ2) is 7.92. The highest BCUT2D eigenvalue weighted by Gasteiger charge is 2.37. The quantitative estimate of drug-likeness (QED) is 0.756. The van der Waals surface area contributed by atoms with Crippen molar-refractivity contribution < 1.29 is 14.4 Å². The van der Waals surface area contributed by atoms with Crippen LogP contribution >= 0.6 is 15.9 Å². The van der Waals surface area contributed by atoms with Crippen LogP contribution in [0.15, 0.2) is 53.0 Å². The van der Waals surface area contributed by atoms with E-state index in [1.807, 2.05) is 24.3 Å². The van der Waals surface area contributed by atoms with Crippen LogP contribution in [-0.4, -0.2) is 31.3 Å². The van der Waals surface area contributed by atoms with Crippen molar-refractivity contribution in [1.82, 2.24) is 0 Å². The summed E-state index contributed by atoms with van der Waals surface area (Å²) in [7, 11) is 1.68. The summed E-state index contributed by atoms with van der Waals surface area (Å²) in [5.74, 6) is -1.29. The maximum atomic E-state index is 12.7. The van der Waals surface area contributed by atoms with E-state index in [2.05, 4.69) is 21.2 Å². The fourth-order valence-corrected chi connectivity index (χ4v) is 3.39. The summed E-state index contributed by atoms with van der Waals surface area (Å²) >= 11 is 3.40. The second-order valence-corrected chi connectivity index (χ2v) is 7.34. The summed E-state index contributed by atoms with van der Waals surface area (Å²) in [5, 5.41) is 2.79. The number of hydrogen-bond donors (Lipinski definition) is 1. The Kier molecular flexibility index (Phi) is 5.60. The summed E-state index contributed by atoms with van der Waals surface area (Å²) in [6, 6.07) is 14.4. The molecule has 0 aliphatic carbocycles. The lowest BCUT2D eigenvalue weighted by Crippen LogP contribution is -2.33. The van der Waals surface area contributed by atoms with Gasteiger partial charge in [0.05, 0.1) is 0 Å². The van der Waals surface area contributed by atoms with Gasteiger partial charge in [0.1, 0.15) is 5.92 Å². The zero-order valence-electron chi connectivity index (χ0n) is 15.1. The lowest BCUT2D eigenvalue weighted by atomic mass is 10.1. The molecule has 1 atom stereocenters. The first kappa shape index (κ1) is 19.1. The topological polar surface area (TPSA) is 69.7 Å². The van der Waals surface area contributed by atoms with Crippen LogP contribution < -0.4 is 15.1 Å². The first-order valence-electron chi connectivity index (χ1n) is 8.59. The van der Waals surface area contributed by atoms with Crippen molar-refractivity contribution in [2.75, 3.05) is 28.7 Å². The van der Waals surface area contributed by atoms with Crippen molar-refractivity contribution in [1.29, 1.82) is 0 Å². The van der Waals surface area contributed by atoms with Crippen molar-refractivity contribution >= 4 is 50.7 Å². The Hall–Kier alpha value is -2.67. The molecule has 0 unspecified atom stereocenters. The lowest BCUT2D eigenvalue weighted by Gasteiger charge is -2.17. The average Bonchev–Trinajstić information content (AvgIpc) is 3.03. The minimum atomic E-state index is -0.705. The maximum absolute atomic E-state index is 12.7. The van der Waals surface area contributed by atoms with Gasteiger partial charge in [0, 0.05) is 42.1 Å². The minimum Gasteiger partial charge on any atom is -0.325 e. The van der Waals surface area contributed by atoms with Crippen molar-refractivity contribution in [2.45, 2.75) is 13.3 Å². The number of hydrogen-bond acceptors (Lipinski definition) is 3. The molecule has 0 aromatic heterocycles. The fourth-order valence-electron chi connectivity index (χ4n) is 3.00. The normalized spacial score (nSPS) is 16.3. The van der Waals surface area contributed by atoms with Crippen molar-refractivity contribution in [2.24, 2.45) is 5.92 Å². The molecule has 1 N–H and O–H groups in total. The van der Waals surface area contributed by atoms with Crippen molar-refractivity contribution in [3.63, 3.8) is 0 Å². The molecule has 27 heavy (non-hydrogen) atoms. The highest BCUT2D eigenvalue weighted by molar-refractivity contribution is 9.10. The van der Waals surface area contributed by atoms with Crippen LogP contribution in [0.2, 0.25) is 0 Å². The molecule has 0 bridgehead atoms. The van der Waals surface area contributed by atoms with Gasteiger partial charge in [0.2, 0.25) is 17.7 Å². The summed E-state index contributed by atoms with van der Waals surface area (Å²) in [6.07, 6.45) is 0.475. The van der Waals surface area contributed by atoms with Crippen LogP contribution in [-0.2, 0) is 14.4 Å². The molecule has 2 aromatic carbocycles. The average molecular weight is 430 g/mol. The molecule has 1 heterocycles. The Morgan fingerprint density at radius 2 is 1.89 bits per heavy atom. The number of nitrogens with one attached hydrogen (secondary N) is 1. The van der Waals surface area contributed by atoms with Gasteiger partial charge < -0.3 is 15.1 Å². The predicted molar refractivity (Wildman–Crippen MR) is 109 cm³/mol. The third kappa shape index (κ3) is 4.19. The molecule has 3 rings (SSSR count). The number of benzene rings is 2. The Bertz CT molecular complexity index is 882. The van der Waals surface area contributed by atoms with Crippen LogP contribution in [0, 0.1) is 5.92 Å². The van der Waals surface area contributed by atoms with Crippen molar-refractivity contribution in [3.8, 4) is 0 Å². The summed E-state index contributed by atoms with van der Waals surface area (Å²) in [6.45, 7) is 1.99. The number of amides is 3. The van der Waals surface area contributed by atoms with Crippen LogP contribution in [0.4, 0.5) is 17.1 Å². The Balaban J connectivity index is 1.66. The molecular weight excluding hydrogens is 410 g/mol. The van der Waals surface area contributed by atoms with E-state index in [1.165, 1.54) is 11.8 Å². The first-order valence-corrected chi connectivity index (χ1v) is 9.38. The van der Waals surface area contributed by atoms with Gasteiger partial charge in [0.25, 0.3) is 0 Å².